The summed E-state index contributed by atoms with van der Waals surface area (Å²) in [6.07, 6.45) is 4.76. The first-order valence-electron chi connectivity index (χ1n) is 10.5. The number of amides is 2. The van der Waals surface area contributed by atoms with Gasteiger partial charge in [-0.2, -0.15) is 0 Å². The number of hydrogen-bond acceptors (Lipinski definition) is 5. The van der Waals surface area contributed by atoms with Gasteiger partial charge >= 0.3 is 0 Å². The molecule has 0 saturated carbocycles. The number of rotatable bonds is 9. The summed E-state index contributed by atoms with van der Waals surface area (Å²) in [5, 5.41) is 5.88. The van der Waals surface area contributed by atoms with E-state index in [9.17, 15) is 9.59 Å². The molecule has 4 rings (SSSR count). The van der Waals surface area contributed by atoms with E-state index in [1.165, 1.54) is 0 Å². The SMILES string of the molecule is Cc1nc2ccccn2c1C(=O)NCCCCCC(=O)NCc1ccc2c(c1)OCO2. The first kappa shape index (κ1) is 20.7. The highest BCUT2D eigenvalue weighted by Gasteiger charge is 2.16. The average molecular weight is 422 g/mol. The summed E-state index contributed by atoms with van der Waals surface area (Å²) in [4.78, 5) is 29.0. The molecule has 31 heavy (non-hydrogen) atoms. The number of ether oxygens (including phenoxy) is 2. The maximum absolute atomic E-state index is 12.5. The zero-order chi connectivity index (χ0) is 21.6. The van der Waals surface area contributed by atoms with Crippen LogP contribution in [0.15, 0.2) is 42.6 Å². The number of aromatic nitrogens is 2. The zero-order valence-electron chi connectivity index (χ0n) is 17.5. The molecule has 1 aliphatic heterocycles. The van der Waals surface area contributed by atoms with Gasteiger partial charge in [-0.3, -0.25) is 14.0 Å². The van der Waals surface area contributed by atoms with Crippen molar-refractivity contribution in [3.8, 4) is 11.5 Å². The molecule has 0 fully saturated rings. The second-order valence-electron chi connectivity index (χ2n) is 7.51. The van der Waals surface area contributed by atoms with E-state index in [0.717, 1.165) is 36.2 Å². The van der Waals surface area contributed by atoms with E-state index >= 15 is 0 Å². The Morgan fingerprint density at radius 3 is 2.84 bits per heavy atom. The molecule has 0 saturated heterocycles. The number of nitrogens with one attached hydrogen (secondary N) is 2. The highest BCUT2D eigenvalue weighted by molar-refractivity contribution is 5.94. The van der Waals surface area contributed by atoms with Gasteiger partial charge in [0.05, 0.1) is 5.69 Å². The topological polar surface area (TPSA) is 94.0 Å². The predicted molar refractivity (Wildman–Crippen MR) is 115 cm³/mol. The van der Waals surface area contributed by atoms with Gasteiger partial charge in [0.25, 0.3) is 5.91 Å². The van der Waals surface area contributed by atoms with Crippen LogP contribution < -0.4 is 20.1 Å². The van der Waals surface area contributed by atoms with Gasteiger partial charge in [-0.15, -0.1) is 0 Å². The smallest absolute Gasteiger partial charge is 0.270 e. The lowest BCUT2D eigenvalue weighted by molar-refractivity contribution is -0.121. The van der Waals surface area contributed by atoms with E-state index in [1.54, 1.807) is 4.40 Å². The Kier molecular flexibility index (Phi) is 6.35. The molecule has 2 aromatic heterocycles. The Hall–Kier alpha value is -3.55. The van der Waals surface area contributed by atoms with E-state index in [-0.39, 0.29) is 18.6 Å². The van der Waals surface area contributed by atoms with Crippen molar-refractivity contribution in [3.63, 3.8) is 0 Å². The first-order valence-corrected chi connectivity index (χ1v) is 10.5. The third kappa shape index (κ3) is 4.96. The predicted octanol–water partition coefficient (Wildman–Crippen LogP) is 2.98. The van der Waals surface area contributed by atoms with Gasteiger partial charge in [-0.05, 0) is 49.6 Å². The summed E-state index contributed by atoms with van der Waals surface area (Å²) in [6, 6.07) is 11.3. The van der Waals surface area contributed by atoms with E-state index in [2.05, 4.69) is 15.6 Å². The van der Waals surface area contributed by atoms with E-state index in [0.29, 0.717) is 36.6 Å². The normalized spacial score (nSPS) is 12.2. The molecule has 0 aliphatic carbocycles. The van der Waals surface area contributed by atoms with Crippen LogP contribution in [-0.2, 0) is 11.3 Å². The second-order valence-corrected chi connectivity index (χ2v) is 7.51. The highest BCUT2D eigenvalue weighted by atomic mass is 16.7. The molecule has 2 N–H and O–H groups in total. The number of carbonyl (C=O) groups excluding carboxylic acids is 2. The van der Waals surface area contributed by atoms with Gasteiger partial charge in [-0.25, -0.2) is 4.98 Å². The van der Waals surface area contributed by atoms with Crippen molar-refractivity contribution in [2.75, 3.05) is 13.3 Å². The summed E-state index contributed by atoms with van der Waals surface area (Å²) in [5.41, 5.74) is 3.02. The minimum absolute atomic E-state index is 0.0167. The number of benzene rings is 1. The van der Waals surface area contributed by atoms with Crippen LogP contribution in [0, 0.1) is 6.92 Å². The molecule has 8 heteroatoms. The van der Waals surface area contributed by atoms with Crippen molar-refractivity contribution >= 4 is 17.5 Å². The van der Waals surface area contributed by atoms with Crippen LogP contribution in [0.2, 0.25) is 0 Å². The molecule has 0 radical (unpaired) electrons. The Balaban J connectivity index is 1.12. The monoisotopic (exact) mass is 422 g/mol. The summed E-state index contributed by atoms with van der Waals surface area (Å²) < 4.78 is 12.4. The lowest BCUT2D eigenvalue weighted by Crippen LogP contribution is -2.26. The van der Waals surface area contributed by atoms with Crippen LogP contribution in [0.1, 0.15) is 47.4 Å². The fourth-order valence-corrected chi connectivity index (χ4v) is 3.60. The quantitative estimate of drug-likeness (QED) is 0.517. The number of nitrogens with zero attached hydrogens (tertiary/aromatic N) is 2. The Morgan fingerprint density at radius 1 is 1.06 bits per heavy atom. The van der Waals surface area contributed by atoms with Crippen molar-refractivity contribution in [2.45, 2.75) is 39.2 Å². The Bertz CT molecular complexity index is 1090. The minimum Gasteiger partial charge on any atom is -0.454 e. The molecule has 3 heterocycles. The number of imidazole rings is 1. The molecule has 8 nitrogen and oxygen atoms in total. The first-order chi connectivity index (χ1) is 15.1. The number of unbranched alkanes of at least 4 members (excludes halogenated alkanes) is 2. The van der Waals surface area contributed by atoms with Gasteiger partial charge < -0.3 is 20.1 Å². The number of hydrogen-bond donors (Lipinski definition) is 2. The van der Waals surface area contributed by atoms with Crippen LogP contribution in [0.4, 0.5) is 0 Å². The van der Waals surface area contributed by atoms with Gasteiger partial charge in [0, 0.05) is 25.7 Å². The van der Waals surface area contributed by atoms with Gasteiger partial charge in [0.2, 0.25) is 12.7 Å². The second kappa shape index (κ2) is 9.51. The molecule has 0 unspecified atom stereocenters. The molecule has 0 spiro atoms. The molecular formula is C23H26N4O4. The van der Waals surface area contributed by atoms with E-state index in [1.807, 2.05) is 49.5 Å². The number of pyridine rings is 1. The van der Waals surface area contributed by atoms with Crippen LogP contribution in [0.25, 0.3) is 5.65 Å². The lowest BCUT2D eigenvalue weighted by atomic mass is 10.1. The molecule has 0 bridgehead atoms. The van der Waals surface area contributed by atoms with Gasteiger partial charge in [0.1, 0.15) is 11.3 Å². The van der Waals surface area contributed by atoms with E-state index < -0.39 is 0 Å². The van der Waals surface area contributed by atoms with Crippen LogP contribution in [0.5, 0.6) is 11.5 Å². The molecule has 0 atom stereocenters. The number of fused-ring (bicyclic) bond motifs is 2. The summed E-state index contributed by atoms with van der Waals surface area (Å²) in [6.45, 7) is 3.11. The summed E-state index contributed by atoms with van der Waals surface area (Å²) >= 11 is 0. The third-order valence-electron chi connectivity index (χ3n) is 5.21. The van der Waals surface area contributed by atoms with Crippen molar-refractivity contribution in [1.82, 2.24) is 20.0 Å². The van der Waals surface area contributed by atoms with E-state index in [4.69, 9.17) is 9.47 Å². The van der Waals surface area contributed by atoms with Crippen LogP contribution in [0.3, 0.4) is 0 Å². The van der Waals surface area contributed by atoms with Gasteiger partial charge in [0.15, 0.2) is 11.5 Å². The maximum Gasteiger partial charge on any atom is 0.270 e. The third-order valence-corrected chi connectivity index (χ3v) is 5.21. The Morgan fingerprint density at radius 2 is 1.94 bits per heavy atom. The standard InChI is InChI=1S/C23H26N4O4/c1-16-22(27-12-6-4-7-20(27)26-16)23(29)24-11-5-2-3-8-21(28)25-14-17-9-10-18-19(13-17)31-15-30-18/h4,6-7,9-10,12-13H,2-3,5,8,11,14-15H2,1H3,(H,24,29)(H,25,28). The Labute approximate surface area is 180 Å². The summed E-state index contributed by atoms with van der Waals surface area (Å²) in [5.74, 6) is 1.34. The lowest BCUT2D eigenvalue weighted by Gasteiger charge is -2.07. The zero-order valence-corrected chi connectivity index (χ0v) is 17.5. The van der Waals surface area contributed by atoms with Crippen molar-refractivity contribution in [3.05, 3.63) is 59.5 Å². The largest absolute Gasteiger partial charge is 0.454 e. The number of carbonyl (C=O) groups is 2. The number of aryl methyl sites for hydroxylation is 1. The molecule has 2 amide bonds. The van der Waals surface area contributed by atoms with Crippen LogP contribution >= 0.6 is 0 Å². The van der Waals surface area contributed by atoms with Crippen molar-refractivity contribution in [2.24, 2.45) is 0 Å². The highest BCUT2D eigenvalue weighted by Crippen LogP contribution is 2.32. The molecular weight excluding hydrogens is 396 g/mol. The average Bonchev–Trinajstić information content (AvgIpc) is 3.37. The van der Waals surface area contributed by atoms with Crippen molar-refractivity contribution in [1.29, 1.82) is 0 Å². The summed E-state index contributed by atoms with van der Waals surface area (Å²) in [7, 11) is 0. The van der Waals surface area contributed by atoms with Crippen LogP contribution in [-0.4, -0.2) is 34.5 Å². The molecule has 162 valence electrons. The molecule has 1 aromatic carbocycles. The van der Waals surface area contributed by atoms with Crippen molar-refractivity contribution < 1.29 is 19.1 Å². The minimum atomic E-state index is -0.127. The fraction of sp³-hybridized carbons (Fsp3) is 0.348. The fourth-order valence-electron chi connectivity index (χ4n) is 3.60. The molecule has 1 aliphatic rings. The maximum atomic E-state index is 12.5. The molecule has 3 aromatic rings. The van der Waals surface area contributed by atoms with Gasteiger partial charge in [-0.1, -0.05) is 18.6 Å².